The van der Waals surface area contributed by atoms with Crippen LogP contribution in [-0.2, 0) is 6.54 Å². The van der Waals surface area contributed by atoms with Crippen LogP contribution in [0.15, 0.2) is 42.9 Å². The minimum atomic E-state index is -0.217. The average molecular weight is 317 g/mol. The van der Waals surface area contributed by atoms with Crippen LogP contribution in [0.1, 0.15) is 16.1 Å². The number of fused-ring (bicyclic) bond motifs is 1. The van der Waals surface area contributed by atoms with Gasteiger partial charge in [0.25, 0.3) is 5.91 Å². The molecule has 7 heteroatoms. The van der Waals surface area contributed by atoms with Crippen LogP contribution in [0.2, 0.25) is 5.02 Å². The Morgan fingerprint density at radius 3 is 2.91 bits per heavy atom. The van der Waals surface area contributed by atoms with Crippen LogP contribution in [0.5, 0.6) is 5.88 Å². The summed E-state index contributed by atoms with van der Waals surface area (Å²) in [7, 11) is 1.53. The molecule has 0 radical (unpaired) electrons. The second-order valence-electron chi connectivity index (χ2n) is 4.62. The lowest BCUT2D eigenvalue weighted by Gasteiger charge is -2.03. The van der Waals surface area contributed by atoms with E-state index in [4.69, 9.17) is 16.3 Å². The van der Waals surface area contributed by atoms with Gasteiger partial charge >= 0.3 is 0 Å². The van der Waals surface area contributed by atoms with Crippen LogP contribution in [-0.4, -0.2) is 27.4 Å². The van der Waals surface area contributed by atoms with Gasteiger partial charge in [-0.2, -0.15) is 0 Å². The summed E-state index contributed by atoms with van der Waals surface area (Å²) in [5.74, 6) is 0.249. The molecule has 0 aliphatic rings. The highest BCUT2D eigenvalue weighted by molar-refractivity contribution is 6.30. The molecule has 3 heterocycles. The summed E-state index contributed by atoms with van der Waals surface area (Å²) in [5.41, 5.74) is 1.99. The molecule has 0 atom stereocenters. The van der Waals surface area contributed by atoms with E-state index >= 15 is 0 Å². The standard InChI is InChI=1S/C15H13ClN4O2/c1-22-14-5-2-10(6-17-14)15(21)18-7-12-9-20-8-11(16)3-4-13(20)19-12/h2-6,8-9H,7H2,1H3,(H,18,21). The Kier molecular flexibility index (Phi) is 3.93. The highest BCUT2D eigenvalue weighted by Gasteiger charge is 2.08. The normalized spacial score (nSPS) is 10.6. The summed E-state index contributed by atoms with van der Waals surface area (Å²) in [6.07, 6.45) is 5.06. The lowest BCUT2D eigenvalue weighted by molar-refractivity contribution is 0.0950. The zero-order valence-electron chi connectivity index (χ0n) is 11.8. The van der Waals surface area contributed by atoms with Gasteiger partial charge in [0.1, 0.15) is 5.65 Å². The van der Waals surface area contributed by atoms with Gasteiger partial charge in [-0.1, -0.05) is 11.6 Å². The maximum atomic E-state index is 12.0. The number of nitrogens with one attached hydrogen (secondary N) is 1. The Bertz CT molecular complexity index is 814. The van der Waals surface area contributed by atoms with E-state index in [1.165, 1.54) is 13.3 Å². The van der Waals surface area contributed by atoms with E-state index in [1.54, 1.807) is 24.4 Å². The van der Waals surface area contributed by atoms with Gasteiger partial charge < -0.3 is 14.5 Å². The zero-order valence-corrected chi connectivity index (χ0v) is 12.5. The fraction of sp³-hybridized carbons (Fsp3) is 0.133. The molecule has 0 saturated heterocycles. The second kappa shape index (κ2) is 6.03. The number of carbonyl (C=O) groups is 1. The SMILES string of the molecule is COc1ccc(C(=O)NCc2cn3cc(Cl)ccc3n2)cn1. The molecular weight excluding hydrogens is 304 g/mol. The molecule has 112 valence electrons. The molecule has 3 aromatic heterocycles. The molecule has 0 fully saturated rings. The van der Waals surface area contributed by atoms with Crippen LogP contribution in [0.3, 0.4) is 0 Å². The van der Waals surface area contributed by atoms with E-state index in [2.05, 4.69) is 15.3 Å². The second-order valence-corrected chi connectivity index (χ2v) is 5.05. The Morgan fingerprint density at radius 1 is 1.32 bits per heavy atom. The van der Waals surface area contributed by atoms with Gasteiger partial charge in [-0.05, 0) is 18.2 Å². The molecule has 3 rings (SSSR count). The molecular formula is C15H13ClN4O2. The van der Waals surface area contributed by atoms with Gasteiger partial charge in [0.05, 0.1) is 29.9 Å². The van der Waals surface area contributed by atoms with Crippen LogP contribution in [0.4, 0.5) is 0 Å². The van der Waals surface area contributed by atoms with E-state index < -0.39 is 0 Å². The maximum Gasteiger partial charge on any atom is 0.253 e. The van der Waals surface area contributed by atoms with E-state index in [0.29, 0.717) is 23.0 Å². The van der Waals surface area contributed by atoms with Crippen LogP contribution >= 0.6 is 11.6 Å². The summed E-state index contributed by atoms with van der Waals surface area (Å²) >= 11 is 5.92. The van der Waals surface area contributed by atoms with E-state index in [-0.39, 0.29) is 5.91 Å². The average Bonchev–Trinajstić information content (AvgIpc) is 2.94. The zero-order chi connectivity index (χ0) is 15.5. The number of carbonyl (C=O) groups excluding carboxylic acids is 1. The van der Waals surface area contributed by atoms with Crippen LogP contribution in [0.25, 0.3) is 5.65 Å². The van der Waals surface area contributed by atoms with Crippen molar-refractivity contribution in [2.45, 2.75) is 6.54 Å². The van der Waals surface area contributed by atoms with Crippen molar-refractivity contribution in [1.29, 1.82) is 0 Å². The highest BCUT2D eigenvalue weighted by Crippen LogP contribution is 2.12. The molecule has 6 nitrogen and oxygen atoms in total. The number of pyridine rings is 2. The van der Waals surface area contributed by atoms with Crippen molar-refractivity contribution >= 4 is 23.2 Å². The van der Waals surface area contributed by atoms with E-state index in [0.717, 1.165) is 11.3 Å². The third kappa shape index (κ3) is 3.01. The van der Waals surface area contributed by atoms with Crippen LogP contribution in [0, 0.1) is 0 Å². The summed E-state index contributed by atoms with van der Waals surface area (Å²) in [6.45, 7) is 0.324. The third-order valence-electron chi connectivity index (χ3n) is 3.10. The molecule has 0 bridgehead atoms. The minimum Gasteiger partial charge on any atom is -0.481 e. The number of imidazole rings is 1. The first-order valence-electron chi connectivity index (χ1n) is 6.57. The Hall–Kier alpha value is -2.60. The molecule has 3 aromatic rings. The maximum absolute atomic E-state index is 12.0. The summed E-state index contributed by atoms with van der Waals surface area (Å²) in [6, 6.07) is 6.89. The topological polar surface area (TPSA) is 68.5 Å². The molecule has 0 aliphatic heterocycles. The van der Waals surface area contributed by atoms with Gasteiger partial charge in [0.2, 0.25) is 5.88 Å². The largest absolute Gasteiger partial charge is 0.481 e. The van der Waals surface area contributed by atoms with Crippen molar-refractivity contribution in [1.82, 2.24) is 19.7 Å². The van der Waals surface area contributed by atoms with E-state index in [9.17, 15) is 4.79 Å². The number of halogens is 1. The van der Waals surface area contributed by atoms with Crippen LogP contribution < -0.4 is 10.1 Å². The molecule has 0 aromatic carbocycles. The number of rotatable bonds is 4. The summed E-state index contributed by atoms with van der Waals surface area (Å²) in [5, 5.41) is 3.43. The van der Waals surface area contributed by atoms with Crippen molar-refractivity contribution in [3.63, 3.8) is 0 Å². The van der Waals surface area contributed by atoms with Crippen molar-refractivity contribution in [3.8, 4) is 5.88 Å². The monoisotopic (exact) mass is 316 g/mol. The van der Waals surface area contributed by atoms with Crippen molar-refractivity contribution in [2.24, 2.45) is 0 Å². The molecule has 0 aliphatic carbocycles. The predicted octanol–water partition coefficient (Wildman–Crippen LogP) is 2.32. The number of aromatic nitrogens is 3. The highest BCUT2D eigenvalue weighted by atomic mass is 35.5. The minimum absolute atomic E-state index is 0.217. The van der Waals surface area contributed by atoms with Gasteiger partial charge in [0, 0.05) is 24.7 Å². The Balaban J connectivity index is 1.68. The van der Waals surface area contributed by atoms with Crippen molar-refractivity contribution in [2.75, 3.05) is 7.11 Å². The number of amides is 1. The lowest BCUT2D eigenvalue weighted by atomic mass is 10.2. The first-order chi connectivity index (χ1) is 10.7. The molecule has 0 unspecified atom stereocenters. The van der Waals surface area contributed by atoms with Gasteiger partial charge in [-0.25, -0.2) is 9.97 Å². The molecule has 22 heavy (non-hydrogen) atoms. The molecule has 1 N–H and O–H groups in total. The van der Waals surface area contributed by atoms with Gasteiger partial charge in [0.15, 0.2) is 0 Å². The number of hydrogen-bond acceptors (Lipinski definition) is 4. The third-order valence-corrected chi connectivity index (χ3v) is 3.33. The fourth-order valence-corrected chi connectivity index (χ4v) is 2.18. The predicted molar refractivity (Wildman–Crippen MR) is 82.2 cm³/mol. The Labute approximate surface area is 131 Å². The lowest BCUT2D eigenvalue weighted by Crippen LogP contribution is -2.23. The number of ether oxygens (including phenoxy) is 1. The Morgan fingerprint density at radius 2 is 2.18 bits per heavy atom. The fourth-order valence-electron chi connectivity index (χ4n) is 2.01. The molecule has 0 saturated carbocycles. The summed E-state index contributed by atoms with van der Waals surface area (Å²) in [4.78, 5) is 20.4. The van der Waals surface area contributed by atoms with E-state index in [1.807, 2.05) is 16.7 Å². The van der Waals surface area contributed by atoms with Crippen molar-refractivity contribution in [3.05, 3.63) is 59.1 Å². The first-order valence-corrected chi connectivity index (χ1v) is 6.95. The number of hydrogen-bond donors (Lipinski definition) is 1. The van der Waals surface area contributed by atoms with Crippen molar-refractivity contribution < 1.29 is 9.53 Å². The first kappa shape index (κ1) is 14.3. The number of methoxy groups -OCH3 is 1. The summed E-state index contributed by atoms with van der Waals surface area (Å²) < 4.78 is 6.77. The smallest absolute Gasteiger partial charge is 0.253 e. The molecule has 1 amide bonds. The molecule has 0 spiro atoms. The van der Waals surface area contributed by atoms with Gasteiger partial charge in [-0.3, -0.25) is 4.79 Å². The van der Waals surface area contributed by atoms with Gasteiger partial charge in [-0.15, -0.1) is 0 Å². The number of nitrogens with zero attached hydrogens (tertiary/aromatic N) is 3. The quantitative estimate of drug-likeness (QED) is 0.802.